The van der Waals surface area contributed by atoms with Crippen molar-refractivity contribution >= 4 is 72.9 Å². The Morgan fingerprint density at radius 1 is 0.864 bits per heavy atom. The van der Waals surface area contributed by atoms with Crippen LogP contribution in [0.25, 0.3) is 22.4 Å². The van der Waals surface area contributed by atoms with Crippen molar-refractivity contribution in [3.05, 3.63) is 138 Å². The van der Waals surface area contributed by atoms with Crippen LogP contribution >= 0.6 is 23.4 Å². The number of rotatable bonds is 17. The van der Waals surface area contributed by atoms with Gasteiger partial charge in [0.15, 0.2) is 0 Å². The molecule has 0 saturated carbocycles. The van der Waals surface area contributed by atoms with Crippen molar-refractivity contribution in [1.82, 2.24) is 9.47 Å². The SMILES string of the molecule is Cc1c(C(=O)O)c(-c2cccc(N3CCN(c4ccc(NS(=O)c5ccc(N[C@H](CCN(C)C)CSc6ccccc6)c(S(=O)(=O)C(F)(F)F)c5)cc4)CC3)c2)c(-c2ccc(Cl)cc2)n1C. The van der Waals surface area contributed by atoms with Crippen molar-refractivity contribution in [2.45, 2.75) is 39.6 Å². The quantitative estimate of drug-likeness (QED) is 0.0761. The number of piperazine rings is 1. The molecule has 66 heavy (non-hydrogen) atoms. The number of benzene rings is 5. The van der Waals surface area contributed by atoms with Gasteiger partial charge in [0.1, 0.15) is 15.9 Å². The van der Waals surface area contributed by atoms with Crippen LogP contribution in [0.5, 0.6) is 0 Å². The highest BCUT2D eigenvalue weighted by Crippen LogP contribution is 2.41. The van der Waals surface area contributed by atoms with Gasteiger partial charge in [0.05, 0.1) is 21.8 Å². The summed E-state index contributed by atoms with van der Waals surface area (Å²) in [5.74, 6) is -0.553. The number of anilines is 4. The topological polar surface area (TPSA) is 127 Å². The summed E-state index contributed by atoms with van der Waals surface area (Å²) in [6.07, 6.45) is 0.520. The smallest absolute Gasteiger partial charge is 0.478 e. The Morgan fingerprint density at radius 2 is 1.52 bits per heavy atom. The summed E-state index contributed by atoms with van der Waals surface area (Å²) in [5.41, 5.74) is 0.397. The van der Waals surface area contributed by atoms with Crippen LogP contribution in [0.3, 0.4) is 0 Å². The number of carboxylic acid groups (broad SMARTS) is 1. The number of sulfone groups is 1. The zero-order chi connectivity index (χ0) is 47.3. The van der Waals surface area contributed by atoms with Gasteiger partial charge in [-0.25, -0.2) is 17.4 Å². The fourth-order valence-corrected chi connectivity index (χ4v) is 10.9. The van der Waals surface area contributed by atoms with E-state index < -0.39 is 43.2 Å². The fraction of sp³-hybridized carbons (Fsp3) is 0.271. The third-order valence-corrected chi connectivity index (χ3v) is 15.5. The first-order valence-electron chi connectivity index (χ1n) is 21.0. The van der Waals surface area contributed by atoms with E-state index in [0.717, 1.165) is 39.2 Å². The van der Waals surface area contributed by atoms with E-state index in [9.17, 15) is 35.7 Å². The fourth-order valence-electron chi connectivity index (χ4n) is 7.91. The Morgan fingerprint density at radius 3 is 2.14 bits per heavy atom. The number of hydrogen-bond acceptors (Lipinski definition) is 9. The van der Waals surface area contributed by atoms with E-state index in [4.69, 9.17) is 11.6 Å². The first-order chi connectivity index (χ1) is 31.4. The number of hydrogen-bond donors (Lipinski definition) is 3. The summed E-state index contributed by atoms with van der Waals surface area (Å²) in [6, 6.07) is 34.9. The van der Waals surface area contributed by atoms with Crippen LogP contribution in [0.1, 0.15) is 22.5 Å². The van der Waals surface area contributed by atoms with E-state index in [1.54, 1.807) is 31.2 Å². The molecule has 1 aliphatic rings. The van der Waals surface area contributed by atoms with Crippen molar-refractivity contribution in [3.63, 3.8) is 0 Å². The molecule has 0 bridgehead atoms. The first-order valence-corrected chi connectivity index (χ1v) is 25.0. The number of halogens is 4. The van der Waals surface area contributed by atoms with Gasteiger partial charge >= 0.3 is 11.5 Å². The Kier molecular flexibility index (Phi) is 15.1. The maximum atomic E-state index is 14.1. The Hall–Kier alpha value is -5.46. The van der Waals surface area contributed by atoms with Crippen LogP contribution in [-0.2, 0) is 27.9 Å². The number of carboxylic acids is 1. The predicted molar refractivity (Wildman–Crippen MR) is 261 cm³/mol. The average Bonchev–Trinajstić information content (AvgIpc) is 3.57. The largest absolute Gasteiger partial charge is 0.501 e. The molecule has 2 heterocycles. The van der Waals surface area contributed by atoms with Gasteiger partial charge in [-0.1, -0.05) is 54.1 Å². The highest BCUT2D eigenvalue weighted by Gasteiger charge is 2.48. The van der Waals surface area contributed by atoms with Gasteiger partial charge in [0, 0.05) is 83.3 Å². The molecule has 1 unspecified atom stereocenters. The van der Waals surface area contributed by atoms with Gasteiger partial charge in [0.2, 0.25) is 0 Å². The maximum absolute atomic E-state index is 14.1. The second kappa shape index (κ2) is 20.6. The number of aromatic nitrogens is 1. The van der Waals surface area contributed by atoms with Crippen molar-refractivity contribution in [2.24, 2.45) is 7.05 Å². The number of aromatic carboxylic acids is 1. The highest BCUT2D eigenvalue weighted by atomic mass is 35.5. The van der Waals surface area contributed by atoms with Crippen LogP contribution < -0.4 is 19.8 Å². The number of thioether (sulfide) groups is 1. The van der Waals surface area contributed by atoms with Crippen LogP contribution in [0, 0.1) is 6.92 Å². The van der Waals surface area contributed by atoms with Crippen molar-refractivity contribution < 1.29 is 35.7 Å². The standard InChI is InChI=1S/C48H50ClF3N6O5S3/c1-32-44(47(59)60)45(46(56(32)4)33-13-15-35(49)16-14-33)34-9-8-10-39(29-34)58-27-25-57(26-28-58)38-19-17-36(18-20-38)54-65(61)41-21-22-42(43(30-41)66(62,63)48(50,51)52)53-37(23-24-55(2)3)31-64-40-11-6-5-7-12-40/h5-22,29-30,37,53-54H,23-28,31H2,1-4H3,(H,59,60)/t37-,65?/m1/s1. The molecule has 0 aliphatic carbocycles. The molecule has 3 N–H and O–H groups in total. The van der Waals surface area contributed by atoms with Gasteiger partial charge in [-0.3, -0.25) is 0 Å². The molecule has 1 saturated heterocycles. The molecule has 1 aliphatic heterocycles. The molecular weight excluding hydrogens is 929 g/mol. The molecule has 0 radical (unpaired) electrons. The normalized spacial score (nSPS) is 14.3. The summed E-state index contributed by atoms with van der Waals surface area (Å²) in [7, 11) is -2.33. The minimum atomic E-state index is -5.83. The van der Waals surface area contributed by atoms with Crippen LogP contribution in [-0.4, -0.2) is 97.3 Å². The number of carbonyl (C=O) groups is 1. The Balaban J connectivity index is 1.03. The van der Waals surface area contributed by atoms with E-state index in [1.165, 1.54) is 23.9 Å². The zero-order valence-corrected chi connectivity index (χ0v) is 39.9. The molecular formula is C48H50ClF3N6O5S3. The van der Waals surface area contributed by atoms with E-state index in [1.807, 2.05) is 109 Å². The predicted octanol–water partition coefficient (Wildman–Crippen LogP) is 10.3. The van der Waals surface area contributed by atoms with Crippen molar-refractivity contribution in [1.29, 1.82) is 0 Å². The van der Waals surface area contributed by atoms with Gasteiger partial charge < -0.3 is 34.4 Å². The first kappa shape index (κ1) is 48.5. The summed E-state index contributed by atoms with van der Waals surface area (Å²) in [4.78, 5) is 18.9. The Bertz CT molecular complexity index is 2800. The zero-order valence-electron chi connectivity index (χ0n) is 36.7. The maximum Gasteiger partial charge on any atom is 0.501 e. The summed E-state index contributed by atoms with van der Waals surface area (Å²) >= 11 is 7.69. The summed E-state index contributed by atoms with van der Waals surface area (Å²) in [6.45, 7) is 5.09. The van der Waals surface area contributed by atoms with E-state index >= 15 is 0 Å². The lowest BCUT2D eigenvalue weighted by atomic mass is 9.96. The average molecular weight is 980 g/mol. The molecule has 348 valence electrons. The number of alkyl halides is 3. The molecule has 1 fully saturated rings. The molecule has 6 aromatic rings. The lowest BCUT2D eigenvalue weighted by Gasteiger charge is -2.37. The number of nitrogens with one attached hydrogen (secondary N) is 2. The number of nitrogens with zero attached hydrogens (tertiary/aromatic N) is 4. The van der Waals surface area contributed by atoms with E-state index in [0.29, 0.717) is 66.9 Å². The van der Waals surface area contributed by atoms with Gasteiger partial charge in [0.25, 0.3) is 9.84 Å². The van der Waals surface area contributed by atoms with Crippen LogP contribution in [0.4, 0.5) is 35.9 Å². The molecule has 5 aromatic carbocycles. The minimum absolute atomic E-state index is 0.140. The third-order valence-electron chi connectivity index (χ3n) is 11.5. The minimum Gasteiger partial charge on any atom is -0.478 e. The second-order valence-corrected chi connectivity index (χ2v) is 20.8. The monoisotopic (exact) mass is 978 g/mol. The van der Waals surface area contributed by atoms with Crippen LogP contribution in [0.2, 0.25) is 5.02 Å². The lowest BCUT2D eigenvalue weighted by molar-refractivity contribution is -0.0435. The van der Waals surface area contributed by atoms with Gasteiger partial charge in [-0.05, 0) is 124 Å². The molecule has 11 nitrogen and oxygen atoms in total. The third kappa shape index (κ3) is 11.0. The van der Waals surface area contributed by atoms with E-state index in [2.05, 4.69) is 19.8 Å². The lowest BCUT2D eigenvalue weighted by Crippen LogP contribution is -2.46. The molecule has 1 aromatic heterocycles. The van der Waals surface area contributed by atoms with Crippen molar-refractivity contribution in [3.8, 4) is 22.4 Å². The van der Waals surface area contributed by atoms with Gasteiger partial charge in [-0.2, -0.15) is 13.2 Å². The Labute approximate surface area is 395 Å². The molecule has 0 spiro atoms. The summed E-state index contributed by atoms with van der Waals surface area (Å²) in [5, 5.41) is 14.0. The van der Waals surface area contributed by atoms with Crippen molar-refractivity contribution in [2.75, 3.05) is 72.4 Å². The molecule has 18 heteroatoms. The summed E-state index contributed by atoms with van der Waals surface area (Å²) < 4.78 is 86.6. The molecule has 0 amide bonds. The van der Waals surface area contributed by atoms with E-state index in [-0.39, 0.29) is 16.1 Å². The molecule has 2 atom stereocenters. The van der Waals surface area contributed by atoms with Crippen LogP contribution in [0.15, 0.2) is 136 Å². The highest BCUT2D eigenvalue weighted by molar-refractivity contribution is 7.99. The van der Waals surface area contributed by atoms with Gasteiger partial charge in [-0.15, -0.1) is 11.8 Å². The molecule has 7 rings (SSSR count). The second-order valence-electron chi connectivity index (χ2n) is 16.2.